The zero-order valence-electron chi connectivity index (χ0n) is 14.7. The molecule has 2 aliphatic rings. The molecule has 4 rings (SSSR count). The van der Waals surface area contributed by atoms with E-state index >= 15 is 0 Å². The second-order valence-electron chi connectivity index (χ2n) is 7.17. The van der Waals surface area contributed by atoms with Gasteiger partial charge >= 0.3 is 0 Å². The molecule has 0 N–H and O–H groups in total. The summed E-state index contributed by atoms with van der Waals surface area (Å²) in [6.07, 6.45) is 11.0. The summed E-state index contributed by atoms with van der Waals surface area (Å²) in [6.45, 7) is 2.32. The number of allylic oxidation sites excluding steroid dienone is 1. The largest absolute Gasteiger partial charge is 0.372 e. The lowest BCUT2D eigenvalue weighted by atomic mass is 9.90. The van der Waals surface area contributed by atoms with E-state index in [-0.39, 0.29) is 5.78 Å². The second-order valence-corrected chi connectivity index (χ2v) is 7.17. The van der Waals surface area contributed by atoms with Crippen molar-refractivity contribution in [2.75, 3.05) is 18.0 Å². The average Bonchev–Trinajstić information content (AvgIpc) is 3.21. The summed E-state index contributed by atoms with van der Waals surface area (Å²) < 4.78 is 0. The lowest BCUT2D eigenvalue weighted by Gasteiger charge is -2.17. The van der Waals surface area contributed by atoms with Crippen LogP contribution in [0.2, 0.25) is 0 Å². The zero-order chi connectivity index (χ0) is 17.1. The van der Waals surface area contributed by atoms with Gasteiger partial charge in [-0.15, -0.1) is 0 Å². The summed E-state index contributed by atoms with van der Waals surface area (Å²) in [5, 5.41) is 0. The van der Waals surface area contributed by atoms with Crippen LogP contribution >= 0.6 is 0 Å². The Morgan fingerprint density at radius 2 is 1.56 bits per heavy atom. The second kappa shape index (κ2) is 7.26. The summed E-state index contributed by atoms with van der Waals surface area (Å²) in [7, 11) is 0. The van der Waals surface area contributed by atoms with E-state index in [4.69, 9.17) is 0 Å². The number of hydrogen-bond acceptors (Lipinski definition) is 2. The monoisotopic (exact) mass is 331 g/mol. The number of hydrogen-bond donors (Lipinski definition) is 0. The molecule has 1 fully saturated rings. The van der Waals surface area contributed by atoms with Crippen molar-refractivity contribution < 1.29 is 4.79 Å². The lowest BCUT2D eigenvalue weighted by Crippen LogP contribution is -2.17. The zero-order valence-corrected chi connectivity index (χ0v) is 14.7. The number of nitrogens with zero attached hydrogens (tertiary/aromatic N) is 1. The fourth-order valence-corrected chi connectivity index (χ4v) is 3.93. The molecule has 128 valence electrons. The van der Waals surface area contributed by atoms with Crippen molar-refractivity contribution in [2.24, 2.45) is 0 Å². The van der Waals surface area contributed by atoms with Crippen molar-refractivity contribution >= 4 is 17.5 Å². The van der Waals surface area contributed by atoms with Crippen LogP contribution in [0.15, 0.2) is 48.5 Å². The van der Waals surface area contributed by atoms with Gasteiger partial charge in [0.15, 0.2) is 5.78 Å². The van der Waals surface area contributed by atoms with E-state index in [0.29, 0.717) is 0 Å². The van der Waals surface area contributed by atoms with Crippen LogP contribution in [0.3, 0.4) is 0 Å². The van der Waals surface area contributed by atoms with Gasteiger partial charge in [0.2, 0.25) is 0 Å². The molecule has 1 heterocycles. The lowest BCUT2D eigenvalue weighted by molar-refractivity contribution is 0.104. The van der Waals surface area contributed by atoms with Gasteiger partial charge in [-0.1, -0.05) is 30.3 Å². The summed E-state index contributed by atoms with van der Waals surface area (Å²) in [5.74, 6) is 0.0944. The van der Waals surface area contributed by atoms with Crippen molar-refractivity contribution in [3.05, 3.63) is 70.8 Å². The Labute approximate surface area is 150 Å². The molecule has 0 aromatic heterocycles. The molecule has 2 aromatic carbocycles. The Morgan fingerprint density at radius 1 is 0.840 bits per heavy atom. The van der Waals surface area contributed by atoms with Gasteiger partial charge in [0, 0.05) is 24.3 Å². The van der Waals surface area contributed by atoms with E-state index in [9.17, 15) is 4.79 Å². The van der Waals surface area contributed by atoms with Crippen LogP contribution in [-0.2, 0) is 12.8 Å². The number of ketones is 1. The van der Waals surface area contributed by atoms with Crippen LogP contribution in [0.25, 0.3) is 6.08 Å². The third kappa shape index (κ3) is 3.68. The minimum atomic E-state index is 0.0944. The van der Waals surface area contributed by atoms with E-state index in [0.717, 1.165) is 37.1 Å². The fourth-order valence-electron chi connectivity index (χ4n) is 3.93. The Morgan fingerprint density at radius 3 is 2.32 bits per heavy atom. The van der Waals surface area contributed by atoms with Gasteiger partial charge < -0.3 is 4.90 Å². The summed E-state index contributed by atoms with van der Waals surface area (Å²) in [4.78, 5) is 14.9. The Balaban J connectivity index is 1.45. The van der Waals surface area contributed by atoms with Crippen LogP contribution in [0.1, 0.15) is 52.7 Å². The molecule has 0 saturated carbocycles. The first kappa shape index (κ1) is 16.1. The molecule has 2 aromatic rings. The van der Waals surface area contributed by atoms with Crippen molar-refractivity contribution in [2.45, 2.75) is 38.5 Å². The fraction of sp³-hybridized carbons (Fsp3) is 0.348. The van der Waals surface area contributed by atoms with Gasteiger partial charge in [-0.25, -0.2) is 0 Å². The van der Waals surface area contributed by atoms with Crippen LogP contribution in [-0.4, -0.2) is 18.9 Å². The molecule has 0 amide bonds. The maximum absolute atomic E-state index is 12.5. The number of rotatable bonds is 4. The number of anilines is 1. The molecule has 0 unspecified atom stereocenters. The molecule has 1 aliphatic heterocycles. The highest BCUT2D eigenvalue weighted by atomic mass is 16.1. The average molecular weight is 331 g/mol. The highest BCUT2D eigenvalue weighted by Crippen LogP contribution is 2.23. The van der Waals surface area contributed by atoms with E-state index in [1.54, 1.807) is 6.08 Å². The molecule has 1 saturated heterocycles. The number of carbonyl (C=O) groups excluding carboxylic acids is 1. The molecule has 2 nitrogen and oxygen atoms in total. The SMILES string of the molecule is O=C(C=Cc1ccc(N2CCCC2)cc1)c1ccc2c(c1)CCCC2. The van der Waals surface area contributed by atoms with E-state index in [1.807, 2.05) is 12.1 Å². The molecule has 0 spiro atoms. The Hall–Kier alpha value is -2.35. The third-order valence-electron chi connectivity index (χ3n) is 5.42. The standard InChI is InChI=1S/C23H25NO/c25-23(21-11-10-19-5-1-2-6-20(19)17-21)14-9-18-7-12-22(13-8-18)24-15-3-4-16-24/h7-14,17H,1-6,15-16H2. The molecule has 0 atom stereocenters. The molecule has 1 aliphatic carbocycles. The molecule has 0 radical (unpaired) electrons. The van der Waals surface area contributed by atoms with Gasteiger partial charge in [-0.2, -0.15) is 0 Å². The van der Waals surface area contributed by atoms with Crippen LogP contribution < -0.4 is 4.90 Å². The van der Waals surface area contributed by atoms with Gasteiger partial charge in [-0.3, -0.25) is 4.79 Å². The van der Waals surface area contributed by atoms with Crippen molar-refractivity contribution in [3.8, 4) is 0 Å². The van der Waals surface area contributed by atoms with E-state index in [2.05, 4.69) is 41.3 Å². The number of carbonyl (C=O) groups is 1. The van der Waals surface area contributed by atoms with Gasteiger partial charge in [0.1, 0.15) is 0 Å². The van der Waals surface area contributed by atoms with Crippen molar-refractivity contribution in [1.29, 1.82) is 0 Å². The first-order valence-corrected chi connectivity index (χ1v) is 9.49. The van der Waals surface area contributed by atoms with E-state index in [1.165, 1.54) is 42.5 Å². The molecule has 0 bridgehead atoms. The topological polar surface area (TPSA) is 20.3 Å². The molecule has 25 heavy (non-hydrogen) atoms. The predicted molar refractivity (Wildman–Crippen MR) is 104 cm³/mol. The predicted octanol–water partition coefficient (Wildman–Crippen LogP) is 5.06. The van der Waals surface area contributed by atoms with Gasteiger partial charge in [0.25, 0.3) is 0 Å². The van der Waals surface area contributed by atoms with Crippen molar-refractivity contribution in [3.63, 3.8) is 0 Å². The number of fused-ring (bicyclic) bond motifs is 1. The third-order valence-corrected chi connectivity index (χ3v) is 5.42. The highest BCUT2D eigenvalue weighted by Gasteiger charge is 2.12. The molecule has 2 heteroatoms. The van der Waals surface area contributed by atoms with Gasteiger partial charge in [0.05, 0.1) is 0 Å². The summed E-state index contributed by atoms with van der Waals surface area (Å²) in [6, 6.07) is 14.7. The maximum Gasteiger partial charge on any atom is 0.185 e. The van der Waals surface area contributed by atoms with Crippen LogP contribution in [0, 0.1) is 0 Å². The number of aryl methyl sites for hydroxylation is 2. The normalized spacial score (nSPS) is 17.0. The summed E-state index contributed by atoms with van der Waals surface area (Å²) in [5.41, 5.74) is 5.96. The van der Waals surface area contributed by atoms with Gasteiger partial charge in [-0.05, 0) is 79.5 Å². The van der Waals surface area contributed by atoms with Crippen molar-refractivity contribution in [1.82, 2.24) is 0 Å². The minimum Gasteiger partial charge on any atom is -0.372 e. The first-order chi connectivity index (χ1) is 12.3. The molecular weight excluding hydrogens is 306 g/mol. The maximum atomic E-state index is 12.5. The summed E-state index contributed by atoms with van der Waals surface area (Å²) >= 11 is 0. The smallest absolute Gasteiger partial charge is 0.185 e. The Kier molecular flexibility index (Phi) is 4.69. The number of benzene rings is 2. The Bertz CT molecular complexity index is 782. The quantitative estimate of drug-likeness (QED) is 0.576. The first-order valence-electron chi connectivity index (χ1n) is 9.49. The highest BCUT2D eigenvalue weighted by molar-refractivity contribution is 6.07. The molecular formula is C23H25NO. The van der Waals surface area contributed by atoms with E-state index < -0.39 is 0 Å². The van der Waals surface area contributed by atoms with Crippen LogP contribution in [0.4, 0.5) is 5.69 Å². The minimum absolute atomic E-state index is 0.0944. The van der Waals surface area contributed by atoms with Crippen LogP contribution in [0.5, 0.6) is 0 Å².